The number of hydrogen-bond donors (Lipinski definition) is 1. The lowest BCUT2D eigenvalue weighted by molar-refractivity contribution is 0.199. The van der Waals surface area contributed by atoms with Crippen molar-refractivity contribution in [3.8, 4) is 5.88 Å². The Kier molecular flexibility index (Phi) is 6.01. The fraction of sp³-hybridized carbons (Fsp3) is 0.714. The molecule has 112 valence electrons. The maximum Gasteiger partial charge on any atom is 0.234 e. The lowest BCUT2D eigenvalue weighted by Gasteiger charge is -2.25. The summed E-state index contributed by atoms with van der Waals surface area (Å²) in [4.78, 5) is 11.1. The predicted molar refractivity (Wildman–Crippen MR) is 78.3 cm³/mol. The van der Waals surface area contributed by atoms with Gasteiger partial charge in [-0.25, -0.2) is 0 Å². The summed E-state index contributed by atoms with van der Waals surface area (Å²) < 4.78 is 10.5. The van der Waals surface area contributed by atoms with Gasteiger partial charge in [0.25, 0.3) is 0 Å². The molecule has 1 atom stereocenters. The third kappa shape index (κ3) is 4.05. The molecule has 0 saturated carbocycles. The van der Waals surface area contributed by atoms with Crippen LogP contribution in [0.3, 0.4) is 0 Å². The van der Waals surface area contributed by atoms with Gasteiger partial charge in [0.05, 0.1) is 25.6 Å². The van der Waals surface area contributed by atoms with Crippen molar-refractivity contribution in [3.05, 3.63) is 12.4 Å². The van der Waals surface area contributed by atoms with Crippen molar-refractivity contribution < 1.29 is 9.47 Å². The van der Waals surface area contributed by atoms with Crippen molar-refractivity contribution in [3.63, 3.8) is 0 Å². The Bertz CT molecular complexity index is 403. The number of nitrogens with zero attached hydrogens (tertiary/aromatic N) is 3. The van der Waals surface area contributed by atoms with Crippen LogP contribution in [0.1, 0.15) is 19.8 Å². The molecule has 0 aromatic carbocycles. The monoisotopic (exact) mass is 280 g/mol. The molecular formula is C14H24N4O2. The van der Waals surface area contributed by atoms with Gasteiger partial charge >= 0.3 is 0 Å². The topological polar surface area (TPSA) is 59.5 Å². The fourth-order valence-electron chi connectivity index (χ4n) is 2.49. The molecule has 1 fully saturated rings. The van der Waals surface area contributed by atoms with E-state index in [2.05, 4.69) is 20.2 Å². The number of methoxy groups -OCH3 is 1. The van der Waals surface area contributed by atoms with Crippen LogP contribution in [0.2, 0.25) is 0 Å². The van der Waals surface area contributed by atoms with E-state index in [0.29, 0.717) is 18.5 Å². The molecule has 1 saturated heterocycles. The highest BCUT2D eigenvalue weighted by Gasteiger charge is 2.25. The molecule has 1 N–H and O–H groups in total. The van der Waals surface area contributed by atoms with Crippen molar-refractivity contribution in [2.75, 3.05) is 44.9 Å². The quantitative estimate of drug-likeness (QED) is 0.719. The molecule has 6 heteroatoms. The second-order valence-electron chi connectivity index (χ2n) is 4.83. The average Bonchev–Trinajstić information content (AvgIpc) is 2.93. The van der Waals surface area contributed by atoms with Gasteiger partial charge in [-0.3, -0.25) is 4.98 Å². The van der Waals surface area contributed by atoms with Crippen molar-refractivity contribution in [1.29, 1.82) is 0 Å². The third-order valence-corrected chi connectivity index (χ3v) is 3.43. The summed E-state index contributed by atoms with van der Waals surface area (Å²) in [5, 5.41) is 3.42. The summed E-state index contributed by atoms with van der Waals surface area (Å²) in [5.74, 6) is 1.51. The summed E-state index contributed by atoms with van der Waals surface area (Å²) >= 11 is 0. The Balaban J connectivity index is 1.93. The Morgan fingerprint density at radius 1 is 1.45 bits per heavy atom. The highest BCUT2D eigenvalue weighted by atomic mass is 16.5. The Labute approximate surface area is 120 Å². The maximum absolute atomic E-state index is 5.42. The molecule has 0 spiro atoms. The SMILES string of the molecule is CCOc1cncc(N2CCCC2CNCCOC)n1. The van der Waals surface area contributed by atoms with Gasteiger partial charge in [0.2, 0.25) is 5.88 Å². The smallest absolute Gasteiger partial charge is 0.234 e. The standard InChI is InChI=1S/C14H24N4O2/c1-3-20-14-11-16-10-13(17-14)18-7-4-5-12(18)9-15-6-8-19-2/h10-12,15H,3-9H2,1-2H3. The summed E-state index contributed by atoms with van der Waals surface area (Å²) in [6, 6.07) is 0.470. The van der Waals surface area contributed by atoms with Gasteiger partial charge in [0.1, 0.15) is 0 Å². The first-order valence-electron chi connectivity index (χ1n) is 7.26. The zero-order valence-corrected chi connectivity index (χ0v) is 12.3. The third-order valence-electron chi connectivity index (χ3n) is 3.43. The van der Waals surface area contributed by atoms with E-state index in [-0.39, 0.29) is 0 Å². The van der Waals surface area contributed by atoms with E-state index in [1.807, 2.05) is 13.1 Å². The molecule has 0 amide bonds. The number of aromatic nitrogens is 2. The fourth-order valence-corrected chi connectivity index (χ4v) is 2.49. The van der Waals surface area contributed by atoms with Crippen LogP contribution in [0.4, 0.5) is 5.82 Å². The molecule has 1 aliphatic heterocycles. The lowest BCUT2D eigenvalue weighted by atomic mass is 10.2. The van der Waals surface area contributed by atoms with Crippen LogP contribution in [0, 0.1) is 0 Å². The van der Waals surface area contributed by atoms with Crippen molar-refractivity contribution in [1.82, 2.24) is 15.3 Å². The van der Waals surface area contributed by atoms with Gasteiger partial charge in [-0.15, -0.1) is 0 Å². The predicted octanol–water partition coefficient (Wildman–Crippen LogP) is 1.08. The van der Waals surface area contributed by atoms with Crippen LogP contribution in [-0.2, 0) is 4.74 Å². The first-order chi connectivity index (χ1) is 9.85. The highest BCUT2D eigenvalue weighted by molar-refractivity contribution is 5.40. The van der Waals surface area contributed by atoms with Gasteiger partial charge in [-0.05, 0) is 19.8 Å². The summed E-state index contributed by atoms with van der Waals surface area (Å²) in [6.45, 7) is 6.16. The van der Waals surface area contributed by atoms with Gasteiger partial charge in [0.15, 0.2) is 5.82 Å². The molecule has 1 aromatic heterocycles. The second kappa shape index (κ2) is 8.01. The molecule has 20 heavy (non-hydrogen) atoms. The van der Waals surface area contributed by atoms with Gasteiger partial charge in [-0.1, -0.05) is 0 Å². The molecule has 0 radical (unpaired) electrons. The molecular weight excluding hydrogens is 256 g/mol. The van der Waals surface area contributed by atoms with Crippen LogP contribution in [0.25, 0.3) is 0 Å². The minimum absolute atomic E-state index is 0.470. The zero-order valence-electron chi connectivity index (χ0n) is 12.3. The van der Waals surface area contributed by atoms with Crippen LogP contribution in [0.5, 0.6) is 5.88 Å². The van der Waals surface area contributed by atoms with Crippen molar-refractivity contribution in [2.24, 2.45) is 0 Å². The molecule has 1 aliphatic rings. The first kappa shape index (κ1) is 15.0. The first-order valence-corrected chi connectivity index (χ1v) is 7.26. The van der Waals surface area contributed by atoms with E-state index in [0.717, 1.165) is 32.1 Å². The number of rotatable bonds is 8. The molecule has 0 aliphatic carbocycles. The molecule has 2 rings (SSSR count). The molecule has 0 bridgehead atoms. The van der Waals surface area contributed by atoms with E-state index in [9.17, 15) is 0 Å². The Morgan fingerprint density at radius 2 is 2.35 bits per heavy atom. The van der Waals surface area contributed by atoms with Gasteiger partial charge < -0.3 is 19.7 Å². The number of anilines is 1. The van der Waals surface area contributed by atoms with Crippen LogP contribution in [-0.4, -0.2) is 56.0 Å². The van der Waals surface area contributed by atoms with E-state index in [1.54, 1.807) is 13.3 Å². The van der Waals surface area contributed by atoms with E-state index >= 15 is 0 Å². The molecule has 1 unspecified atom stereocenters. The number of hydrogen-bond acceptors (Lipinski definition) is 6. The largest absolute Gasteiger partial charge is 0.477 e. The Morgan fingerprint density at radius 3 is 3.15 bits per heavy atom. The average molecular weight is 280 g/mol. The van der Waals surface area contributed by atoms with Crippen molar-refractivity contribution >= 4 is 5.82 Å². The zero-order chi connectivity index (χ0) is 14.2. The van der Waals surface area contributed by atoms with Gasteiger partial charge in [-0.2, -0.15) is 4.98 Å². The van der Waals surface area contributed by atoms with Crippen molar-refractivity contribution in [2.45, 2.75) is 25.8 Å². The number of ether oxygens (including phenoxy) is 2. The van der Waals surface area contributed by atoms with E-state index in [4.69, 9.17) is 9.47 Å². The van der Waals surface area contributed by atoms with Crippen LogP contribution >= 0.6 is 0 Å². The lowest BCUT2D eigenvalue weighted by Crippen LogP contribution is -2.39. The Hall–Kier alpha value is -1.40. The van der Waals surface area contributed by atoms with Crippen LogP contribution < -0.4 is 15.0 Å². The summed E-state index contributed by atoms with van der Waals surface area (Å²) in [5.41, 5.74) is 0. The highest BCUT2D eigenvalue weighted by Crippen LogP contribution is 2.24. The second-order valence-corrected chi connectivity index (χ2v) is 4.83. The van der Waals surface area contributed by atoms with Crippen LogP contribution in [0.15, 0.2) is 12.4 Å². The minimum atomic E-state index is 0.470. The normalized spacial score (nSPS) is 18.5. The molecule has 1 aromatic rings. The minimum Gasteiger partial charge on any atom is -0.477 e. The number of nitrogens with one attached hydrogen (secondary N) is 1. The van der Waals surface area contributed by atoms with E-state index < -0.39 is 0 Å². The van der Waals surface area contributed by atoms with Gasteiger partial charge in [0, 0.05) is 32.8 Å². The summed E-state index contributed by atoms with van der Waals surface area (Å²) in [7, 11) is 1.72. The summed E-state index contributed by atoms with van der Waals surface area (Å²) in [6.07, 6.45) is 5.85. The molecule has 2 heterocycles. The van der Waals surface area contributed by atoms with E-state index in [1.165, 1.54) is 12.8 Å². The molecule has 6 nitrogen and oxygen atoms in total. The maximum atomic E-state index is 5.42.